The molecule has 0 amide bonds. The Hall–Kier alpha value is 0.511. The Bertz CT molecular complexity index is 328. The average molecular weight is 242 g/mol. The summed E-state index contributed by atoms with van der Waals surface area (Å²) >= 11 is 0. The second kappa shape index (κ2) is 6.30. The first-order chi connectivity index (χ1) is 6.38. The van der Waals surface area contributed by atoms with E-state index in [0.29, 0.717) is 0 Å². The summed E-state index contributed by atoms with van der Waals surface area (Å²) in [5.74, 6) is 0.271. The van der Waals surface area contributed by atoms with E-state index in [4.69, 9.17) is 0 Å². The van der Waals surface area contributed by atoms with Gasteiger partial charge in [-0.15, -0.1) is 0 Å². The minimum absolute atomic E-state index is 0. The van der Waals surface area contributed by atoms with E-state index in [1.165, 1.54) is 0 Å². The van der Waals surface area contributed by atoms with Crippen molar-refractivity contribution in [3.05, 3.63) is 29.3 Å². The number of benzene rings is 1. The van der Waals surface area contributed by atoms with E-state index in [1.807, 2.05) is 13.8 Å². The fraction of sp³-hybridized carbons (Fsp3) is 0.333. The maximum absolute atomic E-state index is 11.9. The monoisotopic (exact) mass is 242 g/mol. The first-order valence-corrected chi connectivity index (χ1v) is 4.29. The molecule has 0 unspecified atom stereocenters. The van der Waals surface area contributed by atoms with Crippen LogP contribution in [-0.2, 0) is 0 Å². The van der Waals surface area contributed by atoms with E-state index in [-0.39, 0.29) is 57.1 Å². The Morgan fingerprint density at radius 1 is 1.13 bits per heavy atom. The quantitative estimate of drug-likeness (QED) is 0.682. The molecule has 0 saturated carbocycles. The molecular formula is C9H11BF3KO. The van der Waals surface area contributed by atoms with E-state index >= 15 is 0 Å². The smallest absolute Gasteiger partial charge is 0.522 e. The molecule has 0 N–H and O–H groups in total. The first kappa shape index (κ1) is 15.5. The van der Waals surface area contributed by atoms with Gasteiger partial charge in [0.25, 0.3) is 0 Å². The predicted octanol–water partition coefficient (Wildman–Crippen LogP) is 0.0728. The van der Waals surface area contributed by atoms with Gasteiger partial charge in [0, 0.05) is 0 Å². The van der Waals surface area contributed by atoms with Gasteiger partial charge in [0.1, 0.15) is 5.75 Å². The van der Waals surface area contributed by atoms with Gasteiger partial charge in [-0.05, 0) is 37.1 Å². The first-order valence-electron chi connectivity index (χ1n) is 4.29. The van der Waals surface area contributed by atoms with Crippen molar-refractivity contribution in [1.29, 1.82) is 0 Å². The second-order valence-corrected chi connectivity index (χ2v) is 3.27. The van der Waals surface area contributed by atoms with Crippen LogP contribution < -0.4 is 56.1 Å². The van der Waals surface area contributed by atoms with Crippen LogP contribution in [0.25, 0.3) is 0 Å². The molecule has 78 valence electrons. The largest absolute Gasteiger partial charge is 1.00 e. The fourth-order valence-corrected chi connectivity index (χ4v) is 0.994. The van der Waals surface area contributed by atoms with Crippen LogP contribution in [0, 0.1) is 13.8 Å². The van der Waals surface area contributed by atoms with Gasteiger partial charge in [0.15, 0.2) is 0 Å². The molecule has 0 fully saturated rings. The Kier molecular flexibility index (Phi) is 6.51. The molecule has 1 nitrogen and oxygen atoms in total. The van der Waals surface area contributed by atoms with E-state index in [2.05, 4.69) is 4.74 Å². The van der Waals surface area contributed by atoms with Gasteiger partial charge in [-0.2, -0.15) is 0 Å². The molecule has 0 aliphatic rings. The standard InChI is InChI=1S/C9H11BF3O.K/c1-7-3-4-9(5-8(7)2)14-6-10(11,12)13;/h3-5H,6H2,1-2H3;/q-1;+1. The zero-order chi connectivity index (χ0) is 10.8. The number of hydrogen-bond donors (Lipinski definition) is 0. The van der Waals surface area contributed by atoms with E-state index in [0.717, 1.165) is 11.1 Å². The van der Waals surface area contributed by atoms with Gasteiger partial charge >= 0.3 is 58.4 Å². The average Bonchev–Trinajstić information content (AvgIpc) is 2.06. The summed E-state index contributed by atoms with van der Waals surface area (Å²) in [6.07, 6.45) is 0. The van der Waals surface area contributed by atoms with Crippen LogP contribution >= 0.6 is 0 Å². The molecule has 0 heterocycles. The van der Waals surface area contributed by atoms with E-state index in [9.17, 15) is 12.9 Å². The Morgan fingerprint density at radius 3 is 2.20 bits per heavy atom. The summed E-state index contributed by atoms with van der Waals surface area (Å²) in [5, 5.41) is 0. The molecule has 0 radical (unpaired) electrons. The Labute approximate surface area is 130 Å². The van der Waals surface area contributed by atoms with Crippen LogP contribution in [0.2, 0.25) is 0 Å². The summed E-state index contributed by atoms with van der Waals surface area (Å²) in [6.45, 7) is -2.32. The van der Waals surface area contributed by atoms with Crippen LogP contribution in [0.1, 0.15) is 11.1 Å². The summed E-state index contributed by atoms with van der Waals surface area (Å²) < 4.78 is 40.2. The summed E-state index contributed by atoms with van der Waals surface area (Å²) in [7, 11) is 0. The van der Waals surface area contributed by atoms with Gasteiger partial charge in [-0.25, -0.2) is 0 Å². The van der Waals surface area contributed by atoms with Crippen molar-refractivity contribution in [2.24, 2.45) is 0 Å². The maximum atomic E-state index is 11.9. The van der Waals surface area contributed by atoms with Crippen LogP contribution in [-0.4, -0.2) is 13.5 Å². The van der Waals surface area contributed by atoms with Crippen LogP contribution in [0.5, 0.6) is 5.75 Å². The van der Waals surface area contributed by atoms with Crippen molar-refractivity contribution in [1.82, 2.24) is 0 Å². The van der Waals surface area contributed by atoms with E-state index in [1.54, 1.807) is 18.2 Å². The van der Waals surface area contributed by atoms with Crippen molar-refractivity contribution >= 4 is 6.98 Å². The van der Waals surface area contributed by atoms with Crippen LogP contribution in [0.15, 0.2) is 18.2 Å². The van der Waals surface area contributed by atoms with Crippen LogP contribution in [0.4, 0.5) is 12.9 Å². The molecule has 0 aliphatic carbocycles. The molecule has 0 aliphatic heterocycles. The predicted molar refractivity (Wildman–Crippen MR) is 50.5 cm³/mol. The summed E-state index contributed by atoms with van der Waals surface area (Å²) in [4.78, 5) is 0. The number of halogens is 3. The number of aryl methyl sites for hydroxylation is 2. The molecule has 0 bridgehead atoms. The van der Waals surface area contributed by atoms with Crippen molar-refractivity contribution < 1.29 is 69.1 Å². The Balaban J connectivity index is 0.00000196. The van der Waals surface area contributed by atoms with Crippen molar-refractivity contribution in [3.63, 3.8) is 0 Å². The topological polar surface area (TPSA) is 9.23 Å². The summed E-state index contributed by atoms with van der Waals surface area (Å²) in [6, 6.07) is 4.90. The molecule has 1 aromatic rings. The minimum Gasteiger partial charge on any atom is -0.522 e. The van der Waals surface area contributed by atoms with Gasteiger partial charge in [-0.3, -0.25) is 0 Å². The van der Waals surface area contributed by atoms with Crippen molar-refractivity contribution in [2.45, 2.75) is 13.8 Å². The third-order valence-corrected chi connectivity index (χ3v) is 1.92. The van der Waals surface area contributed by atoms with Crippen molar-refractivity contribution in [2.75, 3.05) is 6.51 Å². The second-order valence-electron chi connectivity index (χ2n) is 3.27. The molecule has 0 atom stereocenters. The van der Waals surface area contributed by atoms with Gasteiger partial charge in [0.05, 0.1) is 6.51 Å². The van der Waals surface area contributed by atoms with Crippen molar-refractivity contribution in [3.8, 4) is 5.75 Å². The van der Waals surface area contributed by atoms with Gasteiger partial charge in [-0.1, -0.05) is 6.07 Å². The zero-order valence-corrected chi connectivity index (χ0v) is 12.2. The van der Waals surface area contributed by atoms with Gasteiger partial charge < -0.3 is 17.7 Å². The molecule has 1 aromatic carbocycles. The Morgan fingerprint density at radius 2 is 1.73 bits per heavy atom. The van der Waals surface area contributed by atoms with Gasteiger partial charge in [0.2, 0.25) is 0 Å². The molecule has 0 saturated heterocycles. The molecule has 1 rings (SSSR count). The number of hydrogen-bond acceptors (Lipinski definition) is 1. The van der Waals surface area contributed by atoms with E-state index < -0.39 is 13.5 Å². The van der Waals surface area contributed by atoms with Crippen LogP contribution in [0.3, 0.4) is 0 Å². The molecule has 0 spiro atoms. The molecule has 6 heteroatoms. The minimum atomic E-state index is -4.87. The molecular weight excluding hydrogens is 231 g/mol. The number of ether oxygens (including phenoxy) is 1. The maximum Gasteiger partial charge on any atom is 1.00 e. The normalized spacial score (nSPS) is 10.7. The third kappa shape index (κ3) is 5.97. The zero-order valence-electron chi connectivity index (χ0n) is 9.06. The molecule has 0 aromatic heterocycles. The SMILES string of the molecule is Cc1ccc(OC[B-](F)(F)F)cc1C.[K+]. The third-order valence-electron chi connectivity index (χ3n) is 1.92. The number of rotatable bonds is 3. The molecule has 15 heavy (non-hydrogen) atoms. The fourth-order valence-electron chi connectivity index (χ4n) is 0.994. The summed E-state index contributed by atoms with van der Waals surface area (Å²) in [5.41, 5.74) is 1.96.